The van der Waals surface area contributed by atoms with Crippen LogP contribution in [0, 0.1) is 6.92 Å². The number of alkyl halides is 1. The number of hydrogen-bond acceptors (Lipinski definition) is 8. The van der Waals surface area contributed by atoms with Crippen LogP contribution in [-0.2, 0) is 19.1 Å². The van der Waals surface area contributed by atoms with Crippen molar-refractivity contribution in [3.8, 4) is 10.6 Å². The lowest BCUT2D eigenvalue weighted by atomic mass is 10.1. The number of rotatable bonds is 7. The maximum absolute atomic E-state index is 11.9. The molecule has 0 bridgehead atoms. The maximum atomic E-state index is 11.9. The van der Waals surface area contributed by atoms with Gasteiger partial charge in [-0.25, -0.2) is 14.6 Å². The molecule has 0 saturated carbocycles. The Bertz CT molecular complexity index is 1780. The van der Waals surface area contributed by atoms with Gasteiger partial charge in [0.15, 0.2) is 11.2 Å². The fourth-order valence-corrected chi connectivity index (χ4v) is 5.37. The first-order chi connectivity index (χ1) is 21.1. The van der Waals surface area contributed by atoms with Gasteiger partial charge in [-0.05, 0) is 49.2 Å². The standard InChI is InChI=1S/C17H15NO2S.C11H9NS.C6H9ClO3/c1-3-20-17(19)15-11(2)18-16(21-15)14-10-6-8-12-7-4-5-9-13(12)14;12-11(13)10-7-3-5-8-4-1-2-6-9(8)10;1-3-10-6(9)5(7)4(2)8/h4-10H,3H2,1-2H3;1-7H,(H2,12,13);5H,3H2,1-2H3. The van der Waals surface area contributed by atoms with Gasteiger partial charge in [0.1, 0.15) is 14.9 Å². The van der Waals surface area contributed by atoms with E-state index in [0.29, 0.717) is 16.5 Å². The molecule has 5 aromatic rings. The number of ketones is 1. The number of halogens is 1. The van der Waals surface area contributed by atoms with Gasteiger partial charge in [0, 0.05) is 11.1 Å². The zero-order chi connectivity index (χ0) is 32.2. The summed E-state index contributed by atoms with van der Waals surface area (Å²) >= 11 is 11.7. The van der Waals surface area contributed by atoms with Gasteiger partial charge >= 0.3 is 11.9 Å². The molecule has 2 N–H and O–H groups in total. The fraction of sp³-hybridized carbons (Fsp3) is 0.206. The van der Waals surface area contributed by atoms with Gasteiger partial charge in [-0.3, -0.25) is 4.79 Å². The smallest absolute Gasteiger partial charge is 0.350 e. The highest BCUT2D eigenvalue weighted by molar-refractivity contribution is 7.80. The number of nitrogens with zero attached hydrogens (tertiary/aromatic N) is 1. The molecule has 0 fully saturated rings. The highest BCUT2D eigenvalue weighted by Crippen LogP contribution is 2.33. The van der Waals surface area contributed by atoms with E-state index in [0.717, 1.165) is 32.6 Å². The molecule has 228 valence electrons. The first-order valence-corrected chi connectivity index (χ1v) is 15.5. The van der Waals surface area contributed by atoms with Crippen molar-refractivity contribution in [2.75, 3.05) is 13.2 Å². The Hall–Kier alpha value is -4.18. The van der Waals surface area contributed by atoms with Crippen LogP contribution in [0.5, 0.6) is 0 Å². The lowest BCUT2D eigenvalue weighted by molar-refractivity contribution is -0.144. The van der Waals surface area contributed by atoms with Crippen LogP contribution in [0.25, 0.3) is 32.1 Å². The van der Waals surface area contributed by atoms with E-state index in [2.05, 4.69) is 40.1 Å². The van der Waals surface area contributed by atoms with E-state index in [1.165, 1.54) is 29.0 Å². The summed E-state index contributed by atoms with van der Waals surface area (Å²) < 4.78 is 9.55. The number of thiocarbonyl (C=S) groups is 1. The lowest BCUT2D eigenvalue weighted by Gasteiger charge is -2.03. The third-order valence-corrected chi connectivity index (χ3v) is 8.06. The van der Waals surface area contributed by atoms with E-state index in [4.69, 9.17) is 34.3 Å². The molecular weight excluding hydrogens is 616 g/mol. The van der Waals surface area contributed by atoms with Crippen molar-refractivity contribution in [1.29, 1.82) is 0 Å². The van der Waals surface area contributed by atoms with Crippen molar-refractivity contribution in [3.05, 3.63) is 101 Å². The number of aryl methyl sites for hydroxylation is 1. The number of thiazole rings is 1. The largest absolute Gasteiger partial charge is 0.465 e. The Kier molecular flexibility index (Phi) is 13.0. The number of esters is 2. The number of ether oxygens (including phenoxy) is 2. The molecule has 44 heavy (non-hydrogen) atoms. The second-order valence-electron chi connectivity index (χ2n) is 9.30. The molecule has 0 amide bonds. The number of nitrogens with two attached hydrogens (primary N) is 1. The summed E-state index contributed by atoms with van der Waals surface area (Å²) in [6.45, 7) is 7.17. The van der Waals surface area contributed by atoms with Gasteiger partial charge in [0.05, 0.1) is 18.9 Å². The van der Waals surface area contributed by atoms with E-state index in [-0.39, 0.29) is 18.4 Å². The Labute approximate surface area is 271 Å². The summed E-state index contributed by atoms with van der Waals surface area (Å²) in [7, 11) is 0. The topological polar surface area (TPSA) is 109 Å². The molecule has 0 spiro atoms. The number of fused-ring (bicyclic) bond motifs is 2. The number of aromatic nitrogens is 1. The first kappa shape index (κ1) is 34.3. The minimum atomic E-state index is -1.14. The van der Waals surface area contributed by atoms with Crippen molar-refractivity contribution in [3.63, 3.8) is 0 Å². The molecule has 0 saturated heterocycles. The summed E-state index contributed by atoms with van der Waals surface area (Å²) in [6, 6.07) is 28.4. The molecule has 1 unspecified atom stereocenters. The summed E-state index contributed by atoms with van der Waals surface area (Å²) in [5.74, 6) is -1.35. The Morgan fingerprint density at radius 1 is 0.864 bits per heavy atom. The number of carbonyl (C=O) groups is 3. The van der Waals surface area contributed by atoms with E-state index in [1.54, 1.807) is 13.8 Å². The third-order valence-electron chi connectivity index (χ3n) is 6.18. The van der Waals surface area contributed by atoms with Crippen molar-refractivity contribution >= 4 is 79.4 Å². The molecule has 0 aliphatic rings. The second kappa shape index (κ2) is 16.6. The average molecular weight is 649 g/mol. The SMILES string of the molecule is CCOC(=O)C(Cl)C(C)=O.CCOC(=O)c1sc(-c2cccc3ccccc23)nc1C.NC(=S)c1cccc2ccccc12. The van der Waals surface area contributed by atoms with Crippen molar-refractivity contribution in [2.24, 2.45) is 5.73 Å². The van der Waals surface area contributed by atoms with Gasteiger partial charge in [0.25, 0.3) is 0 Å². The van der Waals surface area contributed by atoms with Crippen LogP contribution in [-0.4, -0.2) is 46.3 Å². The zero-order valence-electron chi connectivity index (χ0n) is 24.8. The van der Waals surface area contributed by atoms with Crippen molar-refractivity contribution in [1.82, 2.24) is 4.98 Å². The fourth-order valence-electron chi connectivity index (χ4n) is 4.13. The van der Waals surface area contributed by atoms with Crippen LogP contribution in [0.2, 0.25) is 0 Å². The predicted octanol–water partition coefficient (Wildman–Crippen LogP) is 7.67. The van der Waals surface area contributed by atoms with Crippen LogP contribution in [0.1, 0.15) is 41.7 Å². The molecule has 1 heterocycles. The minimum Gasteiger partial charge on any atom is -0.465 e. The van der Waals surface area contributed by atoms with Crippen LogP contribution in [0.15, 0.2) is 84.9 Å². The predicted molar refractivity (Wildman–Crippen MR) is 183 cm³/mol. The molecule has 4 aromatic carbocycles. The van der Waals surface area contributed by atoms with Crippen molar-refractivity contribution < 1.29 is 23.9 Å². The Morgan fingerprint density at radius 3 is 2.00 bits per heavy atom. The zero-order valence-corrected chi connectivity index (χ0v) is 27.2. The molecular formula is C34H33ClN2O5S2. The van der Waals surface area contributed by atoms with Gasteiger partial charge in [-0.2, -0.15) is 0 Å². The summed E-state index contributed by atoms with van der Waals surface area (Å²) in [5.41, 5.74) is 8.34. The molecule has 1 aromatic heterocycles. The summed E-state index contributed by atoms with van der Waals surface area (Å²) in [6.07, 6.45) is 0. The number of carbonyl (C=O) groups excluding carboxylic acids is 3. The lowest BCUT2D eigenvalue weighted by Crippen LogP contribution is -2.24. The van der Waals surface area contributed by atoms with Gasteiger partial charge in [-0.15, -0.1) is 22.9 Å². The third kappa shape index (κ3) is 8.92. The number of Topliss-reactive ketones (excluding diaryl/α,β-unsaturated/α-hetero) is 1. The highest BCUT2D eigenvalue weighted by Gasteiger charge is 2.21. The molecule has 0 radical (unpaired) electrons. The minimum absolute atomic E-state index is 0.245. The van der Waals surface area contributed by atoms with Crippen molar-refractivity contribution in [2.45, 2.75) is 33.1 Å². The van der Waals surface area contributed by atoms with Crippen LogP contribution in [0.3, 0.4) is 0 Å². The van der Waals surface area contributed by atoms with E-state index < -0.39 is 11.3 Å². The monoisotopic (exact) mass is 648 g/mol. The normalized spacial score (nSPS) is 10.9. The first-order valence-electron chi connectivity index (χ1n) is 13.8. The summed E-state index contributed by atoms with van der Waals surface area (Å²) in [4.78, 5) is 38.5. The number of benzene rings is 4. The van der Waals surface area contributed by atoms with Gasteiger partial charge in [0.2, 0.25) is 0 Å². The van der Waals surface area contributed by atoms with Gasteiger partial charge < -0.3 is 15.2 Å². The van der Waals surface area contributed by atoms with Crippen LogP contribution < -0.4 is 5.73 Å². The highest BCUT2D eigenvalue weighted by atomic mass is 35.5. The van der Waals surface area contributed by atoms with Gasteiger partial charge in [-0.1, -0.05) is 97.1 Å². The molecule has 5 rings (SSSR count). The van der Waals surface area contributed by atoms with Crippen LogP contribution in [0.4, 0.5) is 0 Å². The molecule has 7 nitrogen and oxygen atoms in total. The summed E-state index contributed by atoms with van der Waals surface area (Å²) in [5, 5.41) is 4.32. The second-order valence-corrected chi connectivity index (χ2v) is 11.2. The average Bonchev–Trinajstić information content (AvgIpc) is 3.42. The van der Waals surface area contributed by atoms with E-state index in [1.807, 2.05) is 61.5 Å². The Morgan fingerprint density at radius 2 is 1.41 bits per heavy atom. The van der Waals surface area contributed by atoms with Crippen LogP contribution >= 0.6 is 35.2 Å². The quantitative estimate of drug-likeness (QED) is 0.0829. The molecule has 10 heteroatoms. The number of hydrogen-bond donors (Lipinski definition) is 1. The van der Waals surface area contributed by atoms with E-state index in [9.17, 15) is 14.4 Å². The van der Waals surface area contributed by atoms with E-state index >= 15 is 0 Å². The molecule has 0 aliphatic heterocycles. The maximum Gasteiger partial charge on any atom is 0.350 e. The Balaban J connectivity index is 0.000000197. The molecule has 0 aliphatic carbocycles. The molecule has 1 atom stereocenters.